The van der Waals surface area contributed by atoms with Gasteiger partial charge in [-0.25, -0.2) is 0 Å². The van der Waals surface area contributed by atoms with Crippen molar-refractivity contribution in [1.29, 1.82) is 0 Å². The van der Waals surface area contributed by atoms with Crippen molar-refractivity contribution >= 4 is 22.4 Å². The summed E-state index contributed by atoms with van der Waals surface area (Å²) < 4.78 is 12.6. The first-order chi connectivity index (χ1) is 8.63. The van der Waals surface area contributed by atoms with Crippen molar-refractivity contribution in [3.05, 3.63) is 29.3 Å². The zero-order valence-corrected chi connectivity index (χ0v) is 12.4. The number of halogens is 1. The zero-order valence-electron chi connectivity index (χ0n) is 10.9. The molecule has 0 aliphatic heterocycles. The molecule has 0 heterocycles. The summed E-state index contributed by atoms with van der Waals surface area (Å²) >= 11 is 5.96. The van der Waals surface area contributed by atoms with Gasteiger partial charge in [-0.05, 0) is 43.5 Å². The molecule has 0 spiro atoms. The molecule has 0 saturated heterocycles. The Morgan fingerprint density at radius 3 is 2.89 bits per heavy atom. The van der Waals surface area contributed by atoms with Crippen LogP contribution in [-0.2, 0) is 10.8 Å². The van der Waals surface area contributed by atoms with Crippen LogP contribution in [0, 0.1) is 5.92 Å². The first-order valence-corrected chi connectivity index (χ1v) is 8.12. The highest BCUT2D eigenvalue weighted by atomic mass is 35.5. The topological polar surface area (TPSA) is 29.1 Å². The molecular weight excluding hydrogens is 266 g/mol. The molecule has 2 nitrogen and oxygen atoms in total. The molecule has 1 aromatic carbocycles. The Hall–Kier alpha value is -0.380. The van der Waals surface area contributed by atoms with E-state index in [-0.39, 0.29) is 5.25 Å². The van der Waals surface area contributed by atoms with Gasteiger partial charge in [-0.15, -0.1) is 0 Å². The molecular formula is C14H20ClNOS. The molecule has 1 saturated carbocycles. The Bertz CT molecular complexity index is 438. The molecule has 0 bridgehead atoms. The van der Waals surface area contributed by atoms with E-state index in [0.717, 1.165) is 24.3 Å². The molecule has 1 N–H and O–H groups in total. The van der Waals surface area contributed by atoms with E-state index in [9.17, 15) is 4.21 Å². The Morgan fingerprint density at radius 1 is 1.44 bits per heavy atom. The monoisotopic (exact) mass is 285 g/mol. The van der Waals surface area contributed by atoms with E-state index >= 15 is 0 Å². The predicted octanol–water partition coefficient (Wildman–Crippen LogP) is 3.22. The number of hydrogen-bond acceptors (Lipinski definition) is 2. The fourth-order valence-corrected chi connectivity index (χ4v) is 4.74. The summed E-state index contributed by atoms with van der Waals surface area (Å²) in [5.41, 5.74) is 0. The largest absolute Gasteiger partial charge is 0.314 e. The molecule has 100 valence electrons. The molecule has 2 rings (SSSR count). The van der Waals surface area contributed by atoms with E-state index in [4.69, 9.17) is 11.6 Å². The van der Waals surface area contributed by atoms with Crippen LogP contribution in [0.2, 0.25) is 5.02 Å². The second-order valence-electron chi connectivity index (χ2n) is 4.89. The van der Waals surface area contributed by atoms with E-state index in [1.807, 2.05) is 24.3 Å². The molecule has 0 radical (unpaired) electrons. The van der Waals surface area contributed by atoms with Gasteiger partial charge in [0.15, 0.2) is 0 Å². The van der Waals surface area contributed by atoms with Crippen molar-refractivity contribution in [2.45, 2.75) is 42.9 Å². The molecule has 4 unspecified atom stereocenters. The number of nitrogens with one attached hydrogen (secondary N) is 1. The molecule has 0 aromatic heterocycles. The van der Waals surface area contributed by atoms with Crippen LogP contribution < -0.4 is 5.32 Å². The SMILES string of the molecule is CCNC1CCC(S(=O)c2cccc(Cl)c2)C1C. The van der Waals surface area contributed by atoms with Crippen LogP contribution >= 0.6 is 11.6 Å². The first kappa shape index (κ1) is 14.0. The van der Waals surface area contributed by atoms with Gasteiger partial charge in [-0.2, -0.15) is 0 Å². The van der Waals surface area contributed by atoms with Crippen LogP contribution in [0.4, 0.5) is 0 Å². The summed E-state index contributed by atoms with van der Waals surface area (Å²) in [7, 11) is -0.948. The summed E-state index contributed by atoms with van der Waals surface area (Å²) in [6, 6.07) is 7.93. The van der Waals surface area contributed by atoms with E-state index in [2.05, 4.69) is 19.2 Å². The quantitative estimate of drug-likeness (QED) is 0.920. The number of benzene rings is 1. The molecule has 0 amide bonds. The fourth-order valence-electron chi connectivity index (χ4n) is 2.75. The highest BCUT2D eigenvalue weighted by molar-refractivity contribution is 7.85. The van der Waals surface area contributed by atoms with Crippen molar-refractivity contribution in [3.8, 4) is 0 Å². The van der Waals surface area contributed by atoms with Gasteiger partial charge >= 0.3 is 0 Å². The predicted molar refractivity (Wildman–Crippen MR) is 77.5 cm³/mol. The Balaban J connectivity index is 2.11. The number of rotatable bonds is 4. The first-order valence-electron chi connectivity index (χ1n) is 6.53. The molecule has 1 aliphatic carbocycles. The summed E-state index contributed by atoms with van der Waals surface area (Å²) in [4.78, 5) is 0.858. The Morgan fingerprint density at radius 2 is 2.22 bits per heavy atom. The molecule has 1 aliphatic rings. The second-order valence-corrected chi connectivity index (χ2v) is 7.00. The van der Waals surface area contributed by atoms with E-state index < -0.39 is 10.8 Å². The molecule has 4 heteroatoms. The molecule has 1 fully saturated rings. The highest BCUT2D eigenvalue weighted by Crippen LogP contribution is 2.32. The van der Waals surface area contributed by atoms with Gasteiger partial charge in [0.2, 0.25) is 0 Å². The normalized spacial score (nSPS) is 29.4. The van der Waals surface area contributed by atoms with Crippen molar-refractivity contribution in [3.63, 3.8) is 0 Å². The lowest BCUT2D eigenvalue weighted by Gasteiger charge is -2.21. The van der Waals surface area contributed by atoms with Crippen LogP contribution in [0.5, 0.6) is 0 Å². The second kappa shape index (κ2) is 6.18. The number of hydrogen-bond donors (Lipinski definition) is 1. The maximum absolute atomic E-state index is 12.6. The minimum absolute atomic E-state index is 0.243. The van der Waals surface area contributed by atoms with Gasteiger partial charge in [-0.3, -0.25) is 4.21 Å². The van der Waals surface area contributed by atoms with Crippen molar-refractivity contribution < 1.29 is 4.21 Å². The molecule has 1 aromatic rings. The lowest BCUT2D eigenvalue weighted by molar-refractivity contribution is 0.438. The van der Waals surface area contributed by atoms with Crippen LogP contribution in [-0.4, -0.2) is 22.0 Å². The van der Waals surface area contributed by atoms with Crippen LogP contribution in [0.25, 0.3) is 0 Å². The van der Waals surface area contributed by atoms with Gasteiger partial charge in [0, 0.05) is 21.2 Å². The van der Waals surface area contributed by atoms with Crippen LogP contribution in [0.15, 0.2) is 29.2 Å². The van der Waals surface area contributed by atoms with E-state index in [0.29, 0.717) is 17.0 Å². The van der Waals surface area contributed by atoms with Crippen LogP contribution in [0.3, 0.4) is 0 Å². The van der Waals surface area contributed by atoms with Crippen molar-refractivity contribution in [1.82, 2.24) is 5.32 Å². The van der Waals surface area contributed by atoms with Crippen molar-refractivity contribution in [2.75, 3.05) is 6.54 Å². The summed E-state index contributed by atoms with van der Waals surface area (Å²) in [6.07, 6.45) is 2.14. The van der Waals surface area contributed by atoms with E-state index in [1.165, 1.54) is 0 Å². The summed E-state index contributed by atoms with van der Waals surface area (Å²) in [5, 5.41) is 4.39. The molecule has 4 atom stereocenters. The maximum atomic E-state index is 12.6. The lowest BCUT2D eigenvalue weighted by atomic mass is 10.1. The van der Waals surface area contributed by atoms with E-state index in [1.54, 1.807) is 0 Å². The maximum Gasteiger partial charge on any atom is 0.0564 e. The van der Waals surface area contributed by atoms with Gasteiger partial charge in [-0.1, -0.05) is 31.5 Å². The Kier molecular flexibility index (Phi) is 4.82. The third-order valence-electron chi connectivity index (χ3n) is 3.75. The smallest absolute Gasteiger partial charge is 0.0564 e. The van der Waals surface area contributed by atoms with Gasteiger partial charge in [0.25, 0.3) is 0 Å². The zero-order chi connectivity index (χ0) is 13.1. The third kappa shape index (κ3) is 2.95. The summed E-state index contributed by atoms with van der Waals surface area (Å²) in [5.74, 6) is 0.449. The highest BCUT2D eigenvalue weighted by Gasteiger charge is 2.36. The summed E-state index contributed by atoms with van der Waals surface area (Å²) in [6.45, 7) is 5.30. The van der Waals surface area contributed by atoms with Crippen molar-refractivity contribution in [2.24, 2.45) is 5.92 Å². The minimum Gasteiger partial charge on any atom is -0.314 e. The lowest BCUT2D eigenvalue weighted by Crippen LogP contribution is -2.34. The van der Waals surface area contributed by atoms with Gasteiger partial charge < -0.3 is 5.32 Å². The van der Waals surface area contributed by atoms with Gasteiger partial charge in [0.05, 0.1) is 10.8 Å². The average molecular weight is 286 g/mol. The third-order valence-corrected chi connectivity index (χ3v) is 5.92. The van der Waals surface area contributed by atoms with Gasteiger partial charge in [0.1, 0.15) is 0 Å². The Labute approximate surface area is 117 Å². The average Bonchev–Trinajstić information content (AvgIpc) is 2.71. The fraction of sp³-hybridized carbons (Fsp3) is 0.571. The molecule has 18 heavy (non-hydrogen) atoms. The van der Waals surface area contributed by atoms with Crippen LogP contribution in [0.1, 0.15) is 26.7 Å². The standard InChI is InChI=1S/C14H20ClNOS/c1-3-16-13-7-8-14(10(13)2)18(17)12-6-4-5-11(15)9-12/h4-6,9-10,13-14,16H,3,7-8H2,1-2H3. The minimum atomic E-state index is -0.948.